The van der Waals surface area contributed by atoms with Crippen LogP contribution in [0.15, 0.2) is 10.6 Å². The topological polar surface area (TPSA) is 66.6 Å². The first kappa shape index (κ1) is 13.1. The van der Waals surface area contributed by atoms with E-state index in [0.29, 0.717) is 19.5 Å². The van der Waals surface area contributed by atoms with E-state index in [2.05, 4.69) is 10.1 Å². The second kappa shape index (κ2) is 4.72. The normalized spacial score (nSPS) is 24.9. The van der Waals surface area contributed by atoms with E-state index >= 15 is 0 Å². The van der Waals surface area contributed by atoms with Gasteiger partial charge in [0.15, 0.2) is 0 Å². The summed E-state index contributed by atoms with van der Waals surface area (Å²) in [5, 5.41) is 13.4. The molecule has 18 heavy (non-hydrogen) atoms. The van der Waals surface area contributed by atoms with Crippen LogP contribution in [0.25, 0.3) is 0 Å². The summed E-state index contributed by atoms with van der Waals surface area (Å²) < 4.78 is 5.03. The molecule has 0 aromatic carbocycles. The van der Waals surface area contributed by atoms with Gasteiger partial charge in [0.25, 0.3) is 0 Å². The molecule has 5 heteroatoms. The van der Waals surface area contributed by atoms with E-state index in [1.807, 2.05) is 26.8 Å². The molecule has 1 saturated heterocycles. The van der Waals surface area contributed by atoms with Crippen LogP contribution >= 0.6 is 0 Å². The van der Waals surface area contributed by atoms with Crippen LogP contribution in [0.3, 0.4) is 0 Å². The number of aryl methyl sites for hydroxylation is 1. The first-order valence-electron chi connectivity index (χ1n) is 6.32. The molecule has 1 aliphatic heterocycles. The average Bonchev–Trinajstić information content (AvgIpc) is 2.86. The van der Waals surface area contributed by atoms with Gasteiger partial charge in [0.1, 0.15) is 5.76 Å². The lowest BCUT2D eigenvalue weighted by atomic mass is 9.76. The van der Waals surface area contributed by atoms with Crippen LogP contribution < -0.4 is 0 Å². The maximum Gasteiger partial charge on any atom is 0.311 e. The molecule has 2 rings (SSSR count). The Morgan fingerprint density at radius 2 is 2.39 bits per heavy atom. The quantitative estimate of drug-likeness (QED) is 0.886. The number of nitrogens with zero attached hydrogens (tertiary/aromatic N) is 2. The molecule has 0 radical (unpaired) electrons. The van der Waals surface area contributed by atoms with E-state index in [1.54, 1.807) is 0 Å². The van der Waals surface area contributed by atoms with E-state index < -0.39 is 11.4 Å². The van der Waals surface area contributed by atoms with Crippen molar-refractivity contribution in [3.63, 3.8) is 0 Å². The summed E-state index contributed by atoms with van der Waals surface area (Å²) >= 11 is 0. The highest BCUT2D eigenvalue weighted by atomic mass is 16.5. The molecule has 1 aromatic rings. The Bertz CT molecular complexity index is 441. The molecule has 0 amide bonds. The van der Waals surface area contributed by atoms with E-state index in [0.717, 1.165) is 18.0 Å². The van der Waals surface area contributed by atoms with Gasteiger partial charge in [0.05, 0.1) is 11.1 Å². The summed E-state index contributed by atoms with van der Waals surface area (Å²) in [5.41, 5.74) is 0.260. The zero-order chi connectivity index (χ0) is 13.3. The molecule has 1 fully saturated rings. The summed E-state index contributed by atoms with van der Waals surface area (Å²) in [6.07, 6.45) is 0.705. The molecular weight excluding hydrogens is 232 g/mol. The lowest BCUT2D eigenvalue weighted by molar-refractivity contribution is -0.151. The Balaban J connectivity index is 2.05. The zero-order valence-corrected chi connectivity index (χ0v) is 11.1. The van der Waals surface area contributed by atoms with Crippen LogP contribution in [0.4, 0.5) is 0 Å². The third-order valence-electron chi connectivity index (χ3n) is 3.97. The van der Waals surface area contributed by atoms with Crippen molar-refractivity contribution in [2.45, 2.75) is 33.7 Å². The fourth-order valence-electron chi connectivity index (χ4n) is 2.66. The smallest absolute Gasteiger partial charge is 0.311 e. The molecular formula is C13H20N2O3. The summed E-state index contributed by atoms with van der Waals surface area (Å²) in [7, 11) is 0. The molecule has 0 bridgehead atoms. The van der Waals surface area contributed by atoms with Crippen molar-refractivity contribution in [3.05, 3.63) is 17.5 Å². The Kier molecular flexibility index (Phi) is 3.43. The molecule has 1 aromatic heterocycles. The van der Waals surface area contributed by atoms with Crippen molar-refractivity contribution in [1.82, 2.24) is 10.1 Å². The average molecular weight is 252 g/mol. The Morgan fingerprint density at radius 3 is 2.83 bits per heavy atom. The third-order valence-corrected chi connectivity index (χ3v) is 3.97. The highest BCUT2D eigenvalue weighted by Gasteiger charge is 2.47. The van der Waals surface area contributed by atoms with E-state index in [4.69, 9.17) is 4.52 Å². The number of carbonyl (C=O) groups is 1. The van der Waals surface area contributed by atoms with Gasteiger partial charge in [0.2, 0.25) is 0 Å². The predicted octanol–water partition coefficient (Wildman–Crippen LogP) is 1.92. The summed E-state index contributed by atoms with van der Waals surface area (Å²) in [6.45, 7) is 7.88. The molecule has 1 unspecified atom stereocenters. The molecule has 0 aliphatic carbocycles. The molecule has 1 aliphatic rings. The fourth-order valence-corrected chi connectivity index (χ4v) is 2.66. The second-order valence-electron chi connectivity index (χ2n) is 5.51. The van der Waals surface area contributed by atoms with Crippen LogP contribution in [-0.4, -0.2) is 34.2 Å². The Morgan fingerprint density at radius 1 is 1.67 bits per heavy atom. The zero-order valence-electron chi connectivity index (χ0n) is 11.1. The van der Waals surface area contributed by atoms with Crippen molar-refractivity contribution in [2.75, 3.05) is 13.1 Å². The molecule has 0 spiro atoms. The van der Waals surface area contributed by atoms with E-state index in [1.165, 1.54) is 0 Å². The van der Waals surface area contributed by atoms with Gasteiger partial charge in [-0.25, -0.2) is 0 Å². The highest BCUT2D eigenvalue weighted by molar-refractivity contribution is 5.75. The minimum absolute atomic E-state index is 0.138. The highest BCUT2D eigenvalue weighted by Crippen LogP contribution is 2.38. The van der Waals surface area contributed by atoms with E-state index in [9.17, 15) is 9.90 Å². The maximum absolute atomic E-state index is 11.5. The van der Waals surface area contributed by atoms with Crippen molar-refractivity contribution < 1.29 is 14.4 Å². The molecule has 100 valence electrons. The van der Waals surface area contributed by atoms with E-state index in [-0.39, 0.29) is 5.92 Å². The maximum atomic E-state index is 11.5. The molecule has 5 nitrogen and oxygen atoms in total. The SMILES string of the molecule is Cc1cc(CN2CCC(C(=O)O)(C(C)C)C2)no1. The van der Waals surface area contributed by atoms with Crippen LogP contribution in [0.2, 0.25) is 0 Å². The summed E-state index contributed by atoms with van der Waals surface area (Å²) in [5.74, 6) is 0.243. The predicted molar refractivity (Wildman–Crippen MR) is 66.0 cm³/mol. The number of carboxylic acids is 1. The monoisotopic (exact) mass is 252 g/mol. The molecule has 1 N–H and O–H groups in total. The van der Waals surface area contributed by atoms with Gasteiger partial charge in [-0.3, -0.25) is 9.69 Å². The molecule has 2 heterocycles. The number of rotatable bonds is 4. The molecule has 1 atom stereocenters. The standard InChI is InChI=1S/C13H20N2O3/c1-9(2)13(12(16)17)4-5-15(8-13)7-11-6-10(3)18-14-11/h6,9H,4-5,7-8H2,1-3H3,(H,16,17). The minimum atomic E-state index is -0.684. The van der Waals surface area contributed by atoms with Gasteiger partial charge in [-0.05, 0) is 25.8 Å². The number of hydrogen-bond donors (Lipinski definition) is 1. The number of likely N-dealkylation sites (tertiary alicyclic amines) is 1. The van der Waals surface area contributed by atoms with Gasteiger partial charge in [-0.2, -0.15) is 0 Å². The van der Waals surface area contributed by atoms with Gasteiger partial charge >= 0.3 is 5.97 Å². The van der Waals surface area contributed by atoms with Crippen molar-refractivity contribution in [2.24, 2.45) is 11.3 Å². The molecule has 0 saturated carbocycles. The first-order chi connectivity index (χ1) is 8.44. The van der Waals surface area contributed by atoms with Crippen LogP contribution in [0.5, 0.6) is 0 Å². The van der Waals surface area contributed by atoms with Crippen molar-refractivity contribution in [3.8, 4) is 0 Å². The largest absolute Gasteiger partial charge is 0.481 e. The Labute approximate surface area is 107 Å². The van der Waals surface area contributed by atoms with Gasteiger partial charge in [-0.15, -0.1) is 0 Å². The third kappa shape index (κ3) is 2.27. The number of carboxylic acid groups (broad SMARTS) is 1. The van der Waals surface area contributed by atoms with Crippen LogP contribution in [-0.2, 0) is 11.3 Å². The Hall–Kier alpha value is -1.36. The van der Waals surface area contributed by atoms with Gasteiger partial charge in [0, 0.05) is 19.2 Å². The van der Waals surface area contributed by atoms with Crippen molar-refractivity contribution in [1.29, 1.82) is 0 Å². The van der Waals surface area contributed by atoms with Crippen LogP contribution in [0.1, 0.15) is 31.7 Å². The first-order valence-corrected chi connectivity index (χ1v) is 6.32. The number of aromatic nitrogens is 1. The van der Waals surface area contributed by atoms with Gasteiger partial charge < -0.3 is 9.63 Å². The van der Waals surface area contributed by atoms with Crippen molar-refractivity contribution >= 4 is 5.97 Å². The fraction of sp³-hybridized carbons (Fsp3) is 0.692. The summed E-state index contributed by atoms with van der Waals surface area (Å²) in [6, 6.07) is 1.90. The lowest BCUT2D eigenvalue weighted by Gasteiger charge is -2.28. The lowest BCUT2D eigenvalue weighted by Crippen LogP contribution is -2.39. The summed E-state index contributed by atoms with van der Waals surface area (Å²) in [4.78, 5) is 13.7. The van der Waals surface area contributed by atoms with Gasteiger partial charge in [-0.1, -0.05) is 19.0 Å². The number of aliphatic carboxylic acids is 1. The second-order valence-corrected chi connectivity index (χ2v) is 5.51. The minimum Gasteiger partial charge on any atom is -0.481 e. The number of hydrogen-bond acceptors (Lipinski definition) is 4. The van der Waals surface area contributed by atoms with Crippen LogP contribution in [0, 0.1) is 18.3 Å².